The van der Waals surface area contributed by atoms with Crippen LogP contribution in [0.1, 0.15) is 49.3 Å². The first-order valence-electron chi connectivity index (χ1n) is 15.2. The zero-order chi connectivity index (χ0) is 31.7. The average Bonchev–Trinajstić information content (AvgIpc) is 3.70. The summed E-state index contributed by atoms with van der Waals surface area (Å²) in [6.07, 6.45) is 13.2. The van der Waals surface area contributed by atoms with Crippen molar-refractivity contribution in [3.8, 4) is 11.5 Å². The third-order valence-corrected chi connectivity index (χ3v) is 9.55. The Morgan fingerprint density at radius 2 is 1.80 bits per heavy atom. The molecule has 2 fully saturated rings. The molecule has 1 aromatic carbocycles. The van der Waals surface area contributed by atoms with Crippen LogP contribution >= 0.6 is 23.2 Å². The van der Waals surface area contributed by atoms with Crippen molar-refractivity contribution < 1.29 is 14.3 Å². The third kappa shape index (κ3) is 6.28. The van der Waals surface area contributed by atoms with Crippen LogP contribution in [-0.2, 0) is 4.79 Å². The van der Waals surface area contributed by atoms with Gasteiger partial charge in [-0.25, -0.2) is 4.98 Å². The number of rotatable bonds is 9. The lowest BCUT2D eigenvalue weighted by atomic mass is 9.96. The van der Waals surface area contributed by atoms with Gasteiger partial charge in [-0.1, -0.05) is 49.0 Å². The van der Waals surface area contributed by atoms with Crippen molar-refractivity contribution in [2.45, 2.75) is 50.2 Å². The molecule has 4 heterocycles. The van der Waals surface area contributed by atoms with Crippen molar-refractivity contribution in [1.29, 1.82) is 0 Å². The molecule has 11 nitrogen and oxygen atoms in total. The summed E-state index contributed by atoms with van der Waals surface area (Å²) in [5.74, 6) is 2.85. The molecule has 1 saturated carbocycles. The fourth-order valence-corrected chi connectivity index (χ4v) is 7.22. The van der Waals surface area contributed by atoms with E-state index in [4.69, 9.17) is 42.8 Å². The fraction of sp³-hybridized carbons (Fsp3) is 0.438. The molecule has 1 aliphatic carbocycles. The van der Waals surface area contributed by atoms with Gasteiger partial charge in [-0.15, -0.1) is 0 Å². The Bertz CT molecular complexity index is 1590. The van der Waals surface area contributed by atoms with Crippen molar-refractivity contribution in [3.63, 3.8) is 0 Å². The van der Waals surface area contributed by atoms with Crippen LogP contribution < -0.4 is 29.9 Å². The minimum absolute atomic E-state index is 0.159. The zero-order valence-electron chi connectivity index (χ0n) is 25.7. The largest absolute Gasteiger partial charge is 0.495 e. The Labute approximate surface area is 273 Å². The molecule has 13 heteroatoms. The molecule has 2 atom stereocenters. The fourth-order valence-electron chi connectivity index (χ4n) is 6.48. The first kappa shape index (κ1) is 31.0. The highest BCUT2D eigenvalue weighted by atomic mass is 35.5. The number of amides is 1. The van der Waals surface area contributed by atoms with Gasteiger partial charge in [-0.3, -0.25) is 9.48 Å². The maximum Gasteiger partial charge on any atom is 0.243 e. The Morgan fingerprint density at radius 1 is 1.09 bits per heavy atom. The first-order valence-corrected chi connectivity index (χ1v) is 15.9. The van der Waals surface area contributed by atoms with Crippen LogP contribution in [0, 0.1) is 0 Å². The molecule has 0 radical (unpaired) electrons. The van der Waals surface area contributed by atoms with Crippen LogP contribution in [0.5, 0.6) is 11.5 Å². The van der Waals surface area contributed by atoms with Gasteiger partial charge in [0.1, 0.15) is 17.3 Å². The van der Waals surface area contributed by atoms with Crippen molar-refractivity contribution >= 4 is 58.3 Å². The molecule has 3 aromatic rings. The van der Waals surface area contributed by atoms with Gasteiger partial charge in [-0.2, -0.15) is 10.1 Å². The number of likely N-dealkylation sites (N-methyl/N-ethyl adjacent to an activating group) is 1. The molecule has 2 aromatic heterocycles. The van der Waals surface area contributed by atoms with Crippen molar-refractivity contribution in [1.82, 2.24) is 25.1 Å². The topological polar surface area (TPSA) is 110 Å². The maximum atomic E-state index is 12.4. The second-order valence-electron chi connectivity index (χ2n) is 11.7. The molecule has 6 rings (SSSR count). The minimum Gasteiger partial charge on any atom is -0.495 e. The van der Waals surface area contributed by atoms with E-state index >= 15 is 0 Å². The lowest BCUT2D eigenvalue weighted by Gasteiger charge is -2.28. The summed E-state index contributed by atoms with van der Waals surface area (Å²) in [6.45, 7) is 5.35. The van der Waals surface area contributed by atoms with Gasteiger partial charge in [-0.05, 0) is 30.6 Å². The summed E-state index contributed by atoms with van der Waals surface area (Å²) < 4.78 is 13.0. The van der Waals surface area contributed by atoms with Crippen LogP contribution in [0.15, 0.2) is 37.2 Å². The van der Waals surface area contributed by atoms with Crippen LogP contribution in [0.2, 0.25) is 10.0 Å². The molecule has 0 unspecified atom stereocenters. The maximum absolute atomic E-state index is 12.4. The van der Waals surface area contributed by atoms with Gasteiger partial charge in [0.25, 0.3) is 0 Å². The van der Waals surface area contributed by atoms with Gasteiger partial charge < -0.3 is 29.9 Å². The number of carbonyl (C=O) groups excluding carboxylic acids is 1. The van der Waals surface area contributed by atoms with Crippen LogP contribution in [-0.4, -0.2) is 78.6 Å². The Balaban J connectivity index is 1.24. The highest BCUT2D eigenvalue weighted by molar-refractivity contribution is 6.39. The number of hydrogen-bond acceptors (Lipinski definition) is 9. The number of aromatic nitrogens is 4. The Kier molecular flexibility index (Phi) is 9.09. The van der Waals surface area contributed by atoms with Gasteiger partial charge in [0.05, 0.1) is 42.4 Å². The number of methoxy groups -OCH3 is 2. The number of anilines is 3. The molecule has 45 heavy (non-hydrogen) atoms. The highest BCUT2D eigenvalue weighted by Gasteiger charge is 2.36. The van der Waals surface area contributed by atoms with E-state index in [-0.39, 0.29) is 18.0 Å². The quantitative estimate of drug-likeness (QED) is 0.291. The summed E-state index contributed by atoms with van der Waals surface area (Å²) in [6, 6.07) is 3.83. The predicted molar refractivity (Wildman–Crippen MR) is 179 cm³/mol. The lowest BCUT2D eigenvalue weighted by Crippen LogP contribution is -2.45. The lowest BCUT2D eigenvalue weighted by molar-refractivity contribution is -0.117. The molecule has 1 amide bonds. The predicted octanol–water partition coefficient (Wildman–Crippen LogP) is 5.46. The van der Waals surface area contributed by atoms with Crippen LogP contribution in [0.4, 0.5) is 17.6 Å². The average molecular weight is 654 g/mol. The third-order valence-electron chi connectivity index (χ3n) is 8.80. The molecule has 0 spiro atoms. The minimum atomic E-state index is -0.225. The number of benzene rings is 1. The molecule has 0 bridgehead atoms. The second-order valence-corrected chi connectivity index (χ2v) is 12.5. The van der Waals surface area contributed by atoms with Gasteiger partial charge in [0.2, 0.25) is 11.9 Å². The molecule has 2 N–H and O–H groups in total. The zero-order valence-corrected chi connectivity index (χ0v) is 27.2. The van der Waals surface area contributed by atoms with E-state index in [1.165, 1.54) is 25.3 Å². The molecular formula is C32H38Cl2N8O3. The van der Waals surface area contributed by atoms with Crippen LogP contribution in [0.25, 0.3) is 11.6 Å². The summed E-state index contributed by atoms with van der Waals surface area (Å²) in [5.41, 5.74) is 2.34. The summed E-state index contributed by atoms with van der Waals surface area (Å²) in [4.78, 5) is 26.1. The van der Waals surface area contributed by atoms with Gasteiger partial charge in [0, 0.05) is 62.3 Å². The SMILES string of the molecule is C=CC(=O)N[C@@H]1CN(c2ccn(C3CCCCC3)n2)C[C@@H]1Nc1ncc2c(n1)N(C)CC(c1c(Cl)c(OC)cc(OC)c1Cl)=C2. The number of nitrogens with one attached hydrogen (secondary N) is 2. The van der Waals surface area contributed by atoms with E-state index in [1.54, 1.807) is 26.5 Å². The van der Waals surface area contributed by atoms with Crippen molar-refractivity contribution in [3.05, 3.63) is 58.4 Å². The van der Waals surface area contributed by atoms with E-state index in [9.17, 15) is 4.79 Å². The number of hydrogen-bond donors (Lipinski definition) is 2. The number of fused-ring (bicyclic) bond motifs is 1. The van der Waals surface area contributed by atoms with E-state index < -0.39 is 0 Å². The molecule has 1 saturated heterocycles. The molecule has 2 aliphatic heterocycles. The number of nitrogens with zero attached hydrogens (tertiary/aromatic N) is 6. The molecular weight excluding hydrogens is 615 g/mol. The van der Waals surface area contributed by atoms with E-state index in [0.29, 0.717) is 58.7 Å². The van der Waals surface area contributed by atoms with Gasteiger partial charge in [0.15, 0.2) is 5.82 Å². The van der Waals surface area contributed by atoms with Crippen LogP contribution in [0.3, 0.4) is 0 Å². The van der Waals surface area contributed by atoms with E-state index in [1.807, 2.05) is 18.0 Å². The normalized spacial score (nSPS) is 20.0. The standard InChI is InChI=1S/C32H38Cl2N8O3/c1-5-27(43)36-22-17-41(26-11-12-42(39-26)21-9-7-6-8-10-21)18-23(22)37-32-35-15-19-13-20(16-40(2)31(19)38-32)28-29(33)24(44-3)14-25(45-4)30(28)34/h5,11-15,21-23H,1,6-10,16-18H2,2-4H3,(H,36,43)(H,35,37,38)/t22-,23+/m1/s1. The smallest absolute Gasteiger partial charge is 0.243 e. The van der Waals surface area contributed by atoms with Crippen molar-refractivity contribution in [2.75, 3.05) is 56.0 Å². The first-order chi connectivity index (χ1) is 21.8. The number of halogens is 2. The van der Waals surface area contributed by atoms with Gasteiger partial charge >= 0.3 is 0 Å². The number of carbonyl (C=O) groups is 1. The van der Waals surface area contributed by atoms with Crippen molar-refractivity contribution in [2.24, 2.45) is 0 Å². The summed E-state index contributed by atoms with van der Waals surface area (Å²) in [7, 11) is 5.06. The molecule has 238 valence electrons. The second kappa shape index (κ2) is 13.2. The Hall–Kier alpha value is -3.96. The summed E-state index contributed by atoms with van der Waals surface area (Å²) in [5, 5.41) is 12.3. The number of ether oxygens (including phenoxy) is 2. The highest BCUT2D eigenvalue weighted by Crippen LogP contribution is 2.45. The monoisotopic (exact) mass is 652 g/mol. The molecule has 3 aliphatic rings. The Morgan fingerprint density at radius 3 is 2.49 bits per heavy atom. The summed E-state index contributed by atoms with van der Waals surface area (Å²) >= 11 is 13.4. The van der Waals surface area contributed by atoms with E-state index in [2.05, 4.69) is 44.0 Å². The van der Waals surface area contributed by atoms with E-state index in [0.717, 1.165) is 35.6 Å².